The van der Waals surface area contributed by atoms with E-state index in [2.05, 4.69) is 19.9 Å². The molecule has 144 valence electrons. The van der Waals surface area contributed by atoms with Crippen LogP contribution < -0.4 is 5.32 Å². The van der Waals surface area contributed by atoms with Crippen LogP contribution in [-0.2, 0) is 9.53 Å². The van der Waals surface area contributed by atoms with Crippen LogP contribution in [0.3, 0.4) is 0 Å². The third kappa shape index (κ3) is 3.47. The fourth-order valence-electron chi connectivity index (χ4n) is 3.91. The van der Waals surface area contributed by atoms with Crippen molar-refractivity contribution in [1.29, 1.82) is 0 Å². The highest BCUT2D eigenvalue weighted by Crippen LogP contribution is 2.37. The molecule has 0 aliphatic heterocycles. The normalized spacial score (nSPS) is 19.3. The molecule has 1 amide bonds. The van der Waals surface area contributed by atoms with Crippen molar-refractivity contribution in [1.82, 2.24) is 14.5 Å². The number of hydrogen-bond acceptors (Lipinski definition) is 5. The molecule has 1 aliphatic carbocycles. The maximum Gasteiger partial charge on any atom is 0.308 e. The first kappa shape index (κ1) is 18.2. The Balaban J connectivity index is 1.63. The highest BCUT2D eigenvalue weighted by Gasteiger charge is 2.30. The second kappa shape index (κ2) is 7.80. The van der Waals surface area contributed by atoms with Crippen molar-refractivity contribution in [3.05, 3.63) is 54.4 Å². The summed E-state index contributed by atoms with van der Waals surface area (Å²) in [7, 11) is 1.43. The minimum absolute atomic E-state index is 0.0555. The molecule has 1 aromatic carbocycles. The molecular formula is C21H22N4O3. The molecule has 0 saturated heterocycles. The Morgan fingerprint density at radius 3 is 2.57 bits per heavy atom. The van der Waals surface area contributed by atoms with Gasteiger partial charge in [0.25, 0.3) is 5.91 Å². The van der Waals surface area contributed by atoms with Gasteiger partial charge >= 0.3 is 5.97 Å². The quantitative estimate of drug-likeness (QED) is 0.701. The summed E-state index contributed by atoms with van der Waals surface area (Å²) in [6.07, 6.45) is 6.58. The number of carbonyl (C=O) groups is 2. The Labute approximate surface area is 162 Å². The number of fused-ring (bicyclic) bond motifs is 1. The first-order valence-corrected chi connectivity index (χ1v) is 9.43. The summed E-state index contributed by atoms with van der Waals surface area (Å²) >= 11 is 0. The van der Waals surface area contributed by atoms with E-state index in [1.165, 1.54) is 7.11 Å². The van der Waals surface area contributed by atoms with Gasteiger partial charge in [-0.05, 0) is 43.9 Å². The minimum atomic E-state index is -0.201. The van der Waals surface area contributed by atoms with Crippen LogP contribution in [0, 0.1) is 5.92 Å². The van der Waals surface area contributed by atoms with Crippen LogP contribution in [0.2, 0.25) is 0 Å². The van der Waals surface area contributed by atoms with Crippen LogP contribution in [0.15, 0.2) is 48.8 Å². The van der Waals surface area contributed by atoms with E-state index >= 15 is 0 Å². The lowest BCUT2D eigenvalue weighted by Crippen LogP contribution is -2.26. The van der Waals surface area contributed by atoms with Crippen molar-refractivity contribution in [3.8, 4) is 0 Å². The Kier molecular flexibility index (Phi) is 5.06. The number of pyridine rings is 1. The third-order valence-corrected chi connectivity index (χ3v) is 5.35. The Morgan fingerprint density at radius 2 is 1.86 bits per heavy atom. The van der Waals surface area contributed by atoms with E-state index in [1.807, 2.05) is 24.3 Å². The number of hydrogen-bond donors (Lipinski definition) is 1. The van der Waals surface area contributed by atoms with Crippen molar-refractivity contribution in [2.45, 2.75) is 31.7 Å². The number of benzene rings is 1. The lowest BCUT2D eigenvalue weighted by atomic mass is 9.86. The van der Waals surface area contributed by atoms with Gasteiger partial charge in [0, 0.05) is 17.8 Å². The maximum absolute atomic E-state index is 12.7. The van der Waals surface area contributed by atoms with Gasteiger partial charge in [-0.2, -0.15) is 0 Å². The summed E-state index contributed by atoms with van der Waals surface area (Å²) < 4.78 is 6.96. The van der Waals surface area contributed by atoms with E-state index in [0.29, 0.717) is 11.5 Å². The molecule has 0 radical (unpaired) electrons. The minimum Gasteiger partial charge on any atom is -0.469 e. The summed E-state index contributed by atoms with van der Waals surface area (Å²) in [6.45, 7) is 0. The van der Waals surface area contributed by atoms with Crippen molar-refractivity contribution < 1.29 is 14.3 Å². The van der Waals surface area contributed by atoms with E-state index in [1.54, 1.807) is 24.5 Å². The first-order valence-electron chi connectivity index (χ1n) is 9.43. The number of ether oxygens (including phenoxy) is 1. The van der Waals surface area contributed by atoms with E-state index in [9.17, 15) is 9.59 Å². The first-order chi connectivity index (χ1) is 13.7. The molecule has 0 bridgehead atoms. The highest BCUT2D eigenvalue weighted by atomic mass is 16.5. The largest absolute Gasteiger partial charge is 0.469 e. The zero-order chi connectivity index (χ0) is 19.5. The summed E-state index contributed by atoms with van der Waals surface area (Å²) in [5, 5.41) is 2.95. The van der Waals surface area contributed by atoms with Crippen LogP contribution in [0.25, 0.3) is 11.0 Å². The molecule has 1 fully saturated rings. The van der Waals surface area contributed by atoms with Gasteiger partial charge in [-0.3, -0.25) is 19.9 Å². The lowest BCUT2D eigenvalue weighted by Gasteiger charge is -2.29. The van der Waals surface area contributed by atoms with Crippen LogP contribution in [0.1, 0.15) is 42.1 Å². The average Bonchev–Trinajstić information content (AvgIpc) is 3.11. The van der Waals surface area contributed by atoms with E-state index < -0.39 is 0 Å². The number of imidazole rings is 1. The zero-order valence-electron chi connectivity index (χ0n) is 15.7. The predicted molar refractivity (Wildman–Crippen MR) is 105 cm³/mol. The molecule has 4 rings (SSSR count). The van der Waals surface area contributed by atoms with Gasteiger partial charge < -0.3 is 9.30 Å². The molecule has 28 heavy (non-hydrogen) atoms. The van der Waals surface area contributed by atoms with E-state index in [0.717, 1.165) is 36.7 Å². The summed E-state index contributed by atoms with van der Waals surface area (Å²) in [6, 6.07) is 11.1. The van der Waals surface area contributed by atoms with Crippen LogP contribution in [0.4, 0.5) is 5.95 Å². The van der Waals surface area contributed by atoms with Crippen molar-refractivity contribution in [3.63, 3.8) is 0 Å². The Hall–Kier alpha value is -3.22. The number of carbonyl (C=O) groups excluding carboxylic acids is 2. The molecule has 7 nitrogen and oxygen atoms in total. The fourth-order valence-corrected chi connectivity index (χ4v) is 3.91. The lowest BCUT2D eigenvalue weighted by molar-refractivity contribution is -0.146. The van der Waals surface area contributed by atoms with Crippen molar-refractivity contribution in [2.75, 3.05) is 12.4 Å². The zero-order valence-corrected chi connectivity index (χ0v) is 15.7. The smallest absolute Gasteiger partial charge is 0.308 e. The summed E-state index contributed by atoms with van der Waals surface area (Å²) in [4.78, 5) is 33.2. The molecule has 2 aromatic heterocycles. The number of anilines is 1. The Morgan fingerprint density at radius 1 is 1.11 bits per heavy atom. The molecule has 1 N–H and O–H groups in total. The molecule has 0 spiro atoms. The van der Waals surface area contributed by atoms with Crippen LogP contribution in [0.5, 0.6) is 0 Å². The third-order valence-electron chi connectivity index (χ3n) is 5.35. The Bertz CT molecular complexity index is 991. The van der Waals surface area contributed by atoms with Gasteiger partial charge in [0.15, 0.2) is 0 Å². The van der Waals surface area contributed by atoms with Crippen LogP contribution in [-0.4, -0.2) is 33.5 Å². The SMILES string of the molecule is COC(=O)C1CCC(n2c(NC(=O)c3ccccc3)nc3cnccc32)CC1. The predicted octanol–water partition coefficient (Wildman–Crippen LogP) is 3.59. The second-order valence-electron chi connectivity index (χ2n) is 7.02. The van der Waals surface area contributed by atoms with E-state index in [4.69, 9.17) is 4.74 Å². The van der Waals surface area contributed by atoms with E-state index in [-0.39, 0.29) is 23.8 Å². The maximum atomic E-state index is 12.7. The molecule has 3 aromatic rings. The van der Waals surface area contributed by atoms with Gasteiger partial charge in [0.05, 0.1) is 24.7 Å². The number of esters is 1. The fraction of sp³-hybridized carbons (Fsp3) is 0.333. The topological polar surface area (TPSA) is 86.1 Å². The molecule has 7 heteroatoms. The molecule has 2 heterocycles. The number of aromatic nitrogens is 3. The van der Waals surface area contributed by atoms with Gasteiger partial charge in [0.1, 0.15) is 5.52 Å². The monoisotopic (exact) mass is 378 g/mol. The molecule has 1 aliphatic rings. The second-order valence-corrected chi connectivity index (χ2v) is 7.02. The number of nitrogens with one attached hydrogen (secondary N) is 1. The van der Waals surface area contributed by atoms with Gasteiger partial charge in [-0.1, -0.05) is 18.2 Å². The number of amides is 1. The number of nitrogens with zero attached hydrogens (tertiary/aromatic N) is 3. The molecule has 0 unspecified atom stereocenters. The van der Waals surface area contributed by atoms with Gasteiger partial charge in [0.2, 0.25) is 5.95 Å². The van der Waals surface area contributed by atoms with Gasteiger partial charge in [-0.25, -0.2) is 4.98 Å². The highest BCUT2D eigenvalue weighted by molar-refractivity contribution is 6.04. The summed E-state index contributed by atoms with van der Waals surface area (Å²) in [5.74, 6) is 0.113. The van der Waals surface area contributed by atoms with Gasteiger partial charge in [-0.15, -0.1) is 0 Å². The standard InChI is InChI=1S/C21H22N4O3/c1-28-20(27)15-7-9-16(10-8-15)25-18-11-12-22-13-17(18)23-21(25)24-19(26)14-5-3-2-4-6-14/h2-6,11-13,15-16H,7-10H2,1H3,(H,23,24,26). The molecular weight excluding hydrogens is 356 g/mol. The van der Waals surface area contributed by atoms with Crippen molar-refractivity contribution in [2.24, 2.45) is 5.92 Å². The average molecular weight is 378 g/mol. The summed E-state index contributed by atoms with van der Waals surface area (Å²) in [5.41, 5.74) is 2.24. The number of methoxy groups -OCH3 is 1. The number of rotatable bonds is 4. The van der Waals surface area contributed by atoms with Crippen molar-refractivity contribution >= 4 is 28.9 Å². The molecule has 1 saturated carbocycles. The van der Waals surface area contributed by atoms with Crippen LogP contribution >= 0.6 is 0 Å². The molecule has 0 atom stereocenters.